The van der Waals surface area contributed by atoms with E-state index >= 15 is 0 Å². The molecule has 0 aromatic heterocycles. The molecular formula is C19H15N2S. The van der Waals surface area contributed by atoms with Crippen molar-refractivity contribution in [1.82, 2.24) is 5.32 Å². The highest BCUT2D eigenvalue weighted by molar-refractivity contribution is 7.80. The Balaban J connectivity index is 1.65. The van der Waals surface area contributed by atoms with Crippen LogP contribution in [-0.4, -0.2) is 5.11 Å². The zero-order chi connectivity index (χ0) is 15.2. The van der Waals surface area contributed by atoms with Crippen LogP contribution in [0.1, 0.15) is 0 Å². The van der Waals surface area contributed by atoms with Crippen molar-refractivity contribution in [3.8, 4) is 11.1 Å². The molecule has 0 saturated heterocycles. The number of nitrogens with zero attached hydrogens (tertiary/aromatic N) is 1. The molecule has 3 aromatic rings. The lowest BCUT2D eigenvalue weighted by atomic mass is 10.1. The van der Waals surface area contributed by atoms with Crippen LogP contribution in [0.2, 0.25) is 0 Å². The van der Waals surface area contributed by atoms with Crippen molar-refractivity contribution in [2.45, 2.75) is 0 Å². The van der Waals surface area contributed by atoms with Gasteiger partial charge in [-0.1, -0.05) is 60.7 Å². The van der Waals surface area contributed by atoms with Crippen LogP contribution < -0.4 is 10.6 Å². The highest BCUT2D eigenvalue weighted by Gasteiger charge is 2.01. The van der Waals surface area contributed by atoms with Gasteiger partial charge < -0.3 is 5.32 Å². The largest absolute Gasteiger partial charge is 0.331 e. The van der Waals surface area contributed by atoms with E-state index in [0.717, 1.165) is 11.4 Å². The summed E-state index contributed by atoms with van der Waals surface area (Å²) in [7, 11) is 0. The van der Waals surface area contributed by atoms with Gasteiger partial charge in [0.15, 0.2) is 5.11 Å². The predicted octanol–water partition coefficient (Wildman–Crippen LogP) is 4.99. The second-order valence-corrected chi connectivity index (χ2v) is 5.21. The number of thiocarbonyl (C=S) groups is 1. The predicted molar refractivity (Wildman–Crippen MR) is 96.3 cm³/mol. The Morgan fingerprint density at radius 2 is 1.23 bits per heavy atom. The molecule has 0 aliphatic rings. The minimum absolute atomic E-state index is 0.457. The van der Waals surface area contributed by atoms with Crippen molar-refractivity contribution in [3.05, 3.63) is 84.9 Å². The maximum Gasteiger partial charge on any atom is 0.197 e. The molecule has 0 saturated carbocycles. The maximum atomic E-state index is 5.27. The number of benzene rings is 3. The van der Waals surface area contributed by atoms with Crippen molar-refractivity contribution in [2.24, 2.45) is 0 Å². The van der Waals surface area contributed by atoms with Crippen LogP contribution in [0.4, 0.5) is 11.4 Å². The van der Waals surface area contributed by atoms with Crippen molar-refractivity contribution in [1.29, 1.82) is 0 Å². The summed E-state index contributed by atoms with van der Waals surface area (Å²) in [6.07, 6.45) is 0. The molecule has 2 nitrogen and oxygen atoms in total. The fourth-order valence-corrected chi connectivity index (χ4v) is 2.37. The first-order chi connectivity index (χ1) is 10.8. The first-order valence-corrected chi connectivity index (χ1v) is 7.45. The van der Waals surface area contributed by atoms with E-state index in [1.807, 2.05) is 60.7 Å². The van der Waals surface area contributed by atoms with Gasteiger partial charge in [-0.2, -0.15) is 0 Å². The zero-order valence-corrected chi connectivity index (χ0v) is 12.8. The third-order valence-electron chi connectivity index (χ3n) is 3.23. The molecule has 1 N–H and O–H groups in total. The van der Waals surface area contributed by atoms with E-state index in [1.165, 1.54) is 11.1 Å². The average Bonchev–Trinajstić information content (AvgIpc) is 2.57. The molecule has 3 heteroatoms. The van der Waals surface area contributed by atoms with Gasteiger partial charge in [0.2, 0.25) is 0 Å². The number of anilines is 1. The monoisotopic (exact) mass is 303 g/mol. The third kappa shape index (κ3) is 3.71. The molecule has 107 valence electrons. The Hall–Kier alpha value is -2.65. The number of nitrogens with one attached hydrogen (secondary N) is 1. The van der Waals surface area contributed by atoms with Crippen LogP contribution in [0.15, 0.2) is 84.9 Å². The average molecular weight is 303 g/mol. The van der Waals surface area contributed by atoms with Crippen LogP contribution in [-0.2, 0) is 0 Å². The standard InChI is InChI=1S/C19H15N2S/c22-19(20-17-9-5-2-6-10-17)21-18-13-11-16(12-14-18)15-7-3-1-4-8-15/h1-14H,(H,21,22). The fourth-order valence-electron chi connectivity index (χ4n) is 2.15. The highest BCUT2D eigenvalue weighted by Crippen LogP contribution is 2.21. The van der Waals surface area contributed by atoms with E-state index in [2.05, 4.69) is 34.9 Å². The van der Waals surface area contributed by atoms with Gasteiger partial charge in [-0.15, -0.1) is 0 Å². The molecule has 0 atom stereocenters. The smallest absolute Gasteiger partial charge is 0.197 e. The molecule has 3 rings (SSSR count). The molecule has 0 spiro atoms. The lowest BCUT2D eigenvalue weighted by Gasteiger charge is -2.09. The first-order valence-electron chi connectivity index (χ1n) is 7.04. The fraction of sp³-hybridized carbons (Fsp3) is 0. The van der Waals surface area contributed by atoms with Crippen molar-refractivity contribution in [3.63, 3.8) is 0 Å². The Labute approximate surface area is 135 Å². The number of para-hydroxylation sites is 1. The zero-order valence-electron chi connectivity index (χ0n) is 11.9. The molecule has 0 aliphatic heterocycles. The SMILES string of the molecule is S=C([N]c1ccccc1)Nc1ccc(-c2ccccc2)cc1. The molecule has 22 heavy (non-hydrogen) atoms. The minimum atomic E-state index is 0.457. The van der Waals surface area contributed by atoms with Gasteiger partial charge in [-0.25, -0.2) is 5.32 Å². The Morgan fingerprint density at radius 1 is 0.682 bits per heavy atom. The van der Waals surface area contributed by atoms with Gasteiger partial charge in [0.05, 0.1) is 5.69 Å². The van der Waals surface area contributed by atoms with E-state index in [-0.39, 0.29) is 0 Å². The van der Waals surface area contributed by atoms with Gasteiger partial charge in [0.25, 0.3) is 0 Å². The van der Waals surface area contributed by atoms with Gasteiger partial charge in [0.1, 0.15) is 0 Å². The Bertz CT molecular complexity index is 737. The normalized spacial score (nSPS) is 10.0. The summed E-state index contributed by atoms with van der Waals surface area (Å²) in [5, 5.41) is 7.95. The highest BCUT2D eigenvalue weighted by atomic mass is 32.1. The molecule has 0 amide bonds. The number of hydrogen-bond acceptors (Lipinski definition) is 1. The van der Waals surface area contributed by atoms with E-state index < -0.39 is 0 Å². The van der Waals surface area contributed by atoms with Crippen LogP contribution in [0, 0.1) is 0 Å². The van der Waals surface area contributed by atoms with Gasteiger partial charge in [-0.3, -0.25) is 0 Å². The van der Waals surface area contributed by atoms with E-state index in [1.54, 1.807) is 0 Å². The molecule has 0 fully saturated rings. The summed E-state index contributed by atoms with van der Waals surface area (Å²) in [6.45, 7) is 0. The summed E-state index contributed by atoms with van der Waals surface area (Å²) in [6, 6.07) is 28.1. The summed E-state index contributed by atoms with van der Waals surface area (Å²) >= 11 is 5.27. The third-order valence-corrected chi connectivity index (χ3v) is 3.42. The summed E-state index contributed by atoms with van der Waals surface area (Å²) in [4.78, 5) is 0. The minimum Gasteiger partial charge on any atom is -0.331 e. The number of rotatable bonds is 3. The topological polar surface area (TPSA) is 26.1 Å². The van der Waals surface area contributed by atoms with Crippen molar-refractivity contribution in [2.75, 3.05) is 5.32 Å². The molecule has 0 unspecified atom stereocenters. The van der Waals surface area contributed by atoms with Gasteiger partial charge >= 0.3 is 0 Å². The molecule has 0 bridgehead atoms. The van der Waals surface area contributed by atoms with E-state index in [9.17, 15) is 0 Å². The second kappa shape index (κ2) is 6.87. The summed E-state index contributed by atoms with van der Waals surface area (Å²) in [5.41, 5.74) is 4.16. The van der Waals surface area contributed by atoms with Crippen molar-refractivity contribution >= 4 is 28.7 Å². The lowest BCUT2D eigenvalue weighted by molar-refractivity contribution is 1.27. The molecule has 0 aliphatic carbocycles. The molecule has 0 heterocycles. The first kappa shape index (κ1) is 14.3. The summed E-state index contributed by atoms with van der Waals surface area (Å²) < 4.78 is 0. The lowest BCUT2D eigenvalue weighted by Crippen LogP contribution is -2.17. The van der Waals surface area contributed by atoms with E-state index in [0.29, 0.717) is 5.11 Å². The molecule has 1 radical (unpaired) electrons. The Kier molecular flexibility index (Phi) is 4.47. The van der Waals surface area contributed by atoms with Gasteiger partial charge in [0, 0.05) is 5.69 Å². The Morgan fingerprint density at radius 3 is 1.86 bits per heavy atom. The van der Waals surface area contributed by atoms with E-state index in [4.69, 9.17) is 12.2 Å². The van der Waals surface area contributed by atoms with Crippen LogP contribution in [0.25, 0.3) is 11.1 Å². The maximum absolute atomic E-state index is 5.27. The van der Waals surface area contributed by atoms with Crippen LogP contribution in [0.5, 0.6) is 0 Å². The number of hydrogen-bond donors (Lipinski definition) is 1. The van der Waals surface area contributed by atoms with Crippen LogP contribution >= 0.6 is 12.2 Å². The summed E-state index contributed by atoms with van der Waals surface area (Å²) in [5.74, 6) is 0. The van der Waals surface area contributed by atoms with Gasteiger partial charge in [-0.05, 0) is 47.6 Å². The second-order valence-electron chi connectivity index (χ2n) is 4.82. The van der Waals surface area contributed by atoms with Crippen molar-refractivity contribution < 1.29 is 0 Å². The molecule has 3 aromatic carbocycles. The molecular weight excluding hydrogens is 288 g/mol. The van der Waals surface area contributed by atoms with Crippen LogP contribution in [0.3, 0.4) is 0 Å². The quantitative estimate of drug-likeness (QED) is 0.690.